The summed E-state index contributed by atoms with van der Waals surface area (Å²) in [4.78, 5) is 5.22. The largest absolute Gasteiger partial charge is 0.330 e. The van der Waals surface area contributed by atoms with Crippen molar-refractivity contribution in [2.24, 2.45) is 5.73 Å². The summed E-state index contributed by atoms with van der Waals surface area (Å²) in [6, 6.07) is 0. The number of piperidine rings is 1. The molecular formula is C18H39N3. The first-order valence-electron chi connectivity index (χ1n) is 9.20. The highest BCUT2D eigenvalue weighted by Crippen LogP contribution is 2.24. The summed E-state index contributed by atoms with van der Waals surface area (Å²) in [5.41, 5.74) is 5.92. The minimum Gasteiger partial charge on any atom is -0.330 e. The summed E-state index contributed by atoms with van der Waals surface area (Å²) < 4.78 is 0. The van der Waals surface area contributed by atoms with Gasteiger partial charge in [-0.25, -0.2) is 0 Å². The summed E-state index contributed by atoms with van der Waals surface area (Å²) in [6.45, 7) is 10.8. The first kappa shape index (κ1) is 18.9. The highest BCUT2D eigenvalue weighted by atomic mass is 15.2. The number of unbranched alkanes of at least 4 members (excludes halogenated alkanes) is 3. The lowest BCUT2D eigenvalue weighted by molar-refractivity contribution is 0.0836. The van der Waals surface area contributed by atoms with Crippen LogP contribution in [-0.2, 0) is 0 Å². The van der Waals surface area contributed by atoms with Crippen molar-refractivity contribution in [1.29, 1.82) is 0 Å². The van der Waals surface area contributed by atoms with Crippen LogP contribution in [-0.4, -0.2) is 55.1 Å². The van der Waals surface area contributed by atoms with Gasteiger partial charge in [0.15, 0.2) is 0 Å². The van der Waals surface area contributed by atoms with Gasteiger partial charge in [-0.1, -0.05) is 19.3 Å². The van der Waals surface area contributed by atoms with Crippen molar-refractivity contribution in [3.63, 3.8) is 0 Å². The Morgan fingerprint density at radius 3 is 2.19 bits per heavy atom. The van der Waals surface area contributed by atoms with Gasteiger partial charge in [-0.05, 0) is 92.1 Å². The summed E-state index contributed by atoms with van der Waals surface area (Å²) in [5, 5.41) is 0. The van der Waals surface area contributed by atoms with E-state index in [1.54, 1.807) is 0 Å². The van der Waals surface area contributed by atoms with Gasteiger partial charge in [0, 0.05) is 5.54 Å². The molecule has 0 spiro atoms. The zero-order chi connectivity index (χ0) is 15.6. The van der Waals surface area contributed by atoms with Gasteiger partial charge in [0.25, 0.3) is 0 Å². The highest BCUT2D eigenvalue weighted by Gasteiger charge is 2.27. The molecule has 21 heavy (non-hydrogen) atoms. The Bertz CT molecular complexity index is 247. The maximum atomic E-state index is 5.52. The third-order valence-electron chi connectivity index (χ3n) is 5.03. The van der Waals surface area contributed by atoms with Crippen LogP contribution < -0.4 is 5.73 Å². The second kappa shape index (κ2) is 10.6. The van der Waals surface area contributed by atoms with Gasteiger partial charge < -0.3 is 10.6 Å². The van der Waals surface area contributed by atoms with E-state index >= 15 is 0 Å². The molecule has 0 amide bonds. The third-order valence-corrected chi connectivity index (χ3v) is 5.03. The second-order valence-electron chi connectivity index (χ2n) is 7.47. The molecule has 2 N–H and O–H groups in total. The van der Waals surface area contributed by atoms with E-state index in [1.807, 2.05) is 0 Å². The minimum absolute atomic E-state index is 0.391. The zero-order valence-corrected chi connectivity index (χ0v) is 14.9. The molecule has 126 valence electrons. The molecule has 1 heterocycles. The van der Waals surface area contributed by atoms with Crippen LogP contribution in [0.4, 0.5) is 0 Å². The molecule has 1 fully saturated rings. The van der Waals surface area contributed by atoms with Crippen molar-refractivity contribution in [2.45, 2.75) is 77.2 Å². The van der Waals surface area contributed by atoms with Crippen molar-refractivity contribution in [3.05, 3.63) is 0 Å². The van der Waals surface area contributed by atoms with Crippen molar-refractivity contribution in [3.8, 4) is 0 Å². The molecule has 0 aromatic carbocycles. The number of likely N-dealkylation sites (tertiary alicyclic amines) is 1. The highest BCUT2D eigenvalue weighted by molar-refractivity contribution is 4.83. The van der Waals surface area contributed by atoms with E-state index in [4.69, 9.17) is 5.73 Å². The lowest BCUT2D eigenvalue weighted by Crippen LogP contribution is -2.47. The van der Waals surface area contributed by atoms with Gasteiger partial charge in [-0.15, -0.1) is 0 Å². The Morgan fingerprint density at radius 2 is 1.52 bits per heavy atom. The normalized spacial score (nSPS) is 17.6. The Labute approximate surface area is 133 Å². The van der Waals surface area contributed by atoms with Crippen LogP contribution in [0.3, 0.4) is 0 Å². The second-order valence-corrected chi connectivity index (χ2v) is 7.47. The molecule has 0 radical (unpaired) electrons. The van der Waals surface area contributed by atoms with Crippen molar-refractivity contribution in [1.82, 2.24) is 9.80 Å². The Balaban J connectivity index is 2.08. The fraction of sp³-hybridized carbons (Fsp3) is 1.00. The SMILES string of the molecule is CN(CCCCCCN)CCCC(C)(C)N1CCCCC1. The van der Waals surface area contributed by atoms with Crippen LogP contribution >= 0.6 is 0 Å². The lowest BCUT2D eigenvalue weighted by Gasteiger charge is -2.41. The quantitative estimate of drug-likeness (QED) is 0.593. The van der Waals surface area contributed by atoms with Crippen LogP contribution in [0.25, 0.3) is 0 Å². The molecule has 0 bridgehead atoms. The predicted molar refractivity (Wildman–Crippen MR) is 93.8 cm³/mol. The first-order chi connectivity index (χ1) is 10.1. The van der Waals surface area contributed by atoms with Crippen molar-refractivity contribution < 1.29 is 0 Å². The summed E-state index contributed by atoms with van der Waals surface area (Å²) in [6.07, 6.45) is 12.0. The maximum absolute atomic E-state index is 5.52. The average Bonchev–Trinajstić information content (AvgIpc) is 2.48. The van der Waals surface area contributed by atoms with Gasteiger partial charge >= 0.3 is 0 Å². The number of hydrogen-bond donors (Lipinski definition) is 1. The topological polar surface area (TPSA) is 32.5 Å². The standard InChI is InChI=1S/C18H39N3/c1-18(2,21-16-9-6-10-17-21)12-11-15-20(3)14-8-5-4-7-13-19/h4-17,19H2,1-3H3. The number of rotatable bonds is 11. The minimum atomic E-state index is 0.391. The lowest BCUT2D eigenvalue weighted by atomic mass is 9.93. The third kappa shape index (κ3) is 8.18. The maximum Gasteiger partial charge on any atom is 0.0153 e. The summed E-state index contributed by atoms with van der Waals surface area (Å²) in [7, 11) is 2.27. The van der Waals surface area contributed by atoms with E-state index in [1.165, 1.54) is 84.0 Å². The molecule has 3 heteroatoms. The van der Waals surface area contributed by atoms with E-state index in [0.717, 1.165) is 6.54 Å². The average molecular weight is 298 g/mol. The van der Waals surface area contributed by atoms with E-state index in [9.17, 15) is 0 Å². The molecule has 1 saturated heterocycles. The summed E-state index contributed by atoms with van der Waals surface area (Å²) >= 11 is 0. The van der Waals surface area contributed by atoms with Gasteiger partial charge in [-0.2, -0.15) is 0 Å². The first-order valence-corrected chi connectivity index (χ1v) is 9.20. The van der Waals surface area contributed by atoms with Crippen LogP contribution in [0.1, 0.15) is 71.6 Å². The van der Waals surface area contributed by atoms with Crippen molar-refractivity contribution in [2.75, 3.05) is 39.8 Å². The van der Waals surface area contributed by atoms with Crippen molar-refractivity contribution >= 4 is 0 Å². The Hall–Kier alpha value is -0.120. The molecular weight excluding hydrogens is 258 g/mol. The number of hydrogen-bond acceptors (Lipinski definition) is 3. The predicted octanol–water partition coefficient (Wildman–Crippen LogP) is 3.48. The van der Waals surface area contributed by atoms with E-state index in [0.29, 0.717) is 5.54 Å². The zero-order valence-electron chi connectivity index (χ0n) is 14.9. The molecule has 0 aromatic rings. The monoisotopic (exact) mass is 297 g/mol. The van der Waals surface area contributed by atoms with Gasteiger partial charge in [-0.3, -0.25) is 4.90 Å². The van der Waals surface area contributed by atoms with Gasteiger partial charge in [0.05, 0.1) is 0 Å². The van der Waals surface area contributed by atoms with E-state index in [-0.39, 0.29) is 0 Å². The van der Waals surface area contributed by atoms with E-state index in [2.05, 4.69) is 30.7 Å². The molecule has 0 aromatic heterocycles. The smallest absolute Gasteiger partial charge is 0.0153 e. The molecule has 0 atom stereocenters. The number of nitrogens with zero attached hydrogens (tertiary/aromatic N) is 2. The summed E-state index contributed by atoms with van der Waals surface area (Å²) in [5.74, 6) is 0. The Kier molecular flexibility index (Phi) is 9.54. The fourth-order valence-corrected chi connectivity index (χ4v) is 3.43. The van der Waals surface area contributed by atoms with E-state index < -0.39 is 0 Å². The van der Waals surface area contributed by atoms with Gasteiger partial charge in [0.2, 0.25) is 0 Å². The van der Waals surface area contributed by atoms with Crippen LogP contribution in [0.5, 0.6) is 0 Å². The van der Waals surface area contributed by atoms with Crippen LogP contribution in [0.15, 0.2) is 0 Å². The molecule has 3 nitrogen and oxygen atoms in total. The molecule has 0 unspecified atom stereocenters. The fourth-order valence-electron chi connectivity index (χ4n) is 3.43. The van der Waals surface area contributed by atoms with Gasteiger partial charge in [0.1, 0.15) is 0 Å². The molecule has 1 aliphatic rings. The molecule has 1 rings (SSSR count). The van der Waals surface area contributed by atoms with Crippen LogP contribution in [0.2, 0.25) is 0 Å². The number of nitrogens with two attached hydrogens (primary N) is 1. The molecule has 1 aliphatic heterocycles. The molecule has 0 aliphatic carbocycles. The molecule has 0 saturated carbocycles. The Morgan fingerprint density at radius 1 is 0.905 bits per heavy atom. The van der Waals surface area contributed by atoms with Crippen LogP contribution in [0, 0.1) is 0 Å².